The summed E-state index contributed by atoms with van der Waals surface area (Å²) in [6, 6.07) is 0.580. The number of hydrogen-bond donors (Lipinski definition) is 1. The van der Waals surface area contributed by atoms with Crippen LogP contribution in [-0.4, -0.2) is 22.9 Å². The van der Waals surface area contributed by atoms with Crippen molar-refractivity contribution in [1.29, 1.82) is 0 Å². The summed E-state index contributed by atoms with van der Waals surface area (Å²) in [7, 11) is 3.64. The first-order valence-corrected chi connectivity index (χ1v) is 6.93. The number of nitrogens with one attached hydrogen (secondary N) is 1. The smallest absolute Gasteiger partial charge is 0.216 e. The van der Waals surface area contributed by atoms with Crippen molar-refractivity contribution in [2.75, 3.05) is 7.11 Å². The van der Waals surface area contributed by atoms with Gasteiger partial charge in [0.25, 0.3) is 0 Å². The normalized spacial score (nSPS) is 18.2. The molecule has 1 atom stereocenters. The predicted octanol–water partition coefficient (Wildman–Crippen LogP) is 2.41. The highest BCUT2D eigenvalue weighted by Crippen LogP contribution is 2.28. The molecule has 18 heavy (non-hydrogen) atoms. The molecule has 102 valence electrons. The lowest BCUT2D eigenvalue weighted by Gasteiger charge is -2.20. The Labute approximate surface area is 110 Å². The number of nitrogens with zero attached hydrogens (tertiary/aromatic N) is 2. The van der Waals surface area contributed by atoms with Crippen molar-refractivity contribution in [1.82, 2.24) is 15.1 Å². The average Bonchev–Trinajstić information content (AvgIpc) is 2.94. The van der Waals surface area contributed by atoms with Crippen LogP contribution in [0.2, 0.25) is 0 Å². The Bertz CT molecular complexity index is 394. The number of rotatable bonds is 5. The Morgan fingerprint density at radius 2 is 2.11 bits per heavy atom. The molecule has 0 bridgehead atoms. The molecular formula is C14H25N3O. The van der Waals surface area contributed by atoms with Gasteiger partial charge in [0.15, 0.2) is 0 Å². The quantitative estimate of drug-likeness (QED) is 0.873. The summed E-state index contributed by atoms with van der Waals surface area (Å²) in [6.45, 7) is 5.19. The first-order valence-electron chi connectivity index (χ1n) is 6.93. The Morgan fingerprint density at radius 3 is 2.72 bits per heavy atom. The van der Waals surface area contributed by atoms with Crippen LogP contribution in [0.3, 0.4) is 0 Å². The van der Waals surface area contributed by atoms with E-state index in [9.17, 15) is 0 Å². The molecule has 1 fully saturated rings. The van der Waals surface area contributed by atoms with Crippen LogP contribution in [0.25, 0.3) is 0 Å². The van der Waals surface area contributed by atoms with E-state index in [-0.39, 0.29) is 0 Å². The Balaban J connectivity index is 1.97. The molecule has 1 aromatic heterocycles. The fourth-order valence-corrected chi connectivity index (χ4v) is 3.03. The van der Waals surface area contributed by atoms with E-state index in [1.54, 1.807) is 7.11 Å². The number of methoxy groups -OCH3 is 1. The summed E-state index contributed by atoms with van der Waals surface area (Å²) in [5.41, 5.74) is 2.24. The molecule has 2 rings (SSSR count). The van der Waals surface area contributed by atoms with Crippen molar-refractivity contribution in [3.8, 4) is 5.88 Å². The monoisotopic (exact) mass is 251 g/mol. The van der Waals surface area contributed by atoms with E-state index < -0.39 is 0 Å². The van der Waals surface area contributed by atoms with Crippen LogP contribution in [-0.2, 0) is 13.6 Å². The van der Waals surface area contributed by atoms with E-state index in [1.165, 1.54) is 31.2 Å². The Morgan fingerprint density at radius 1 is 1.44 bits per heavy atom. The van der Waals surface area contributed by atoms with Crippen LogP contribution >= 0.6 is 0 Å². The van der Waals surface area contributed by atoms with E-state index in [0.29, 0.717) is 6.04 Å². The third-order valence-electron chi connectivity index (χ3n) is 4.19. The predicted molar refractivity (Wildman–Crippen MR) is 72.8 cm³/mol. The van der Waals surface area contributed by atoms with E-state index in [2.05, 4.69) is 17.3 Å². The summed E-state index contributed by atoms with van der Waals surface area (Å²) < 4.78 is 7.23. The minimum Gasteiger partial charge on any atom is -0.481 e. The summed E-state index contributed by atoms with van der Waals surface area (Å²) in [4.78, 5) is 0. The maximum absolute atomic E-state index is 5.42. The van der Waals surface area contributed by atoms with Crippen LogP contribution < -0.4 is 10.1 Å². The molecule has 1 unspecified atom stereocenters. The fourth-order valence-electron chi connectivity index (χ4n) is 3.03. The molecule has 4 heteroatoms. The van der Waals surface area contributed by atoms with Gasteiger partial charge in [-0.05, 0) is 32.6 Å². The number of aromatic nitrogens is 2. The van der Waals surface area contributed by atoms with Gasteiger partial charge in [0.05, 0.1) is 18.4 Å². The molecular weight excluding hydrogens is 226 g/mol. The first kappa shape index (κ1) is 13.4. The second-order valence-corrected chi connectivity index (χ2v) is 5.41. The molecule has 0 aliphatic heterocycles. The van der Waals surface area contributed by atoms with Crippen molar-refractivity contribution in [2.45, 2.75) is 52.1 Å². The van der Waals surface area contributed by atoms with Crippen LogP contribution in [0.4, 0.5) is 0 Å². The van der Waals surface area contributed by atoms with Crippen LogP contribution in [0.5, 0.6) is 5.88 Å². The molecule has 0 aromatic carbocycles. The van der Waals surface area contributed by atoms with E-state index in [0.717, 1.165) is 24.0 Å². The lowest BCUT2D eigenvalue weighted by molar-refractivity contribution is 0.356. The topological polar surface area (TPSA) is 39.1 Å². The van der Waals surface area contributed by atoms with Gasteiger partial charge in [-0.25, -0.2) is 4.68 Å². The molecule has 1 saturated carbocycles. The molecule has 1 aliphatic rings. The maximum Gasteiger partial charge on any atom is 0.216 e. The lowest BCUT2D eigenvalue weighted by atomic mass is 9.99. The van der Waals surface area contributed by atoms with Gasteiger partial charge in [-0.2, -0.15) is 5.10 Å². The zero-order chi connectivity index (χ0) is 13.1. The highest BCUT2D eigenvalue weighted by Gasteiger charge is 2.22. The van der Waals surface area contributed by atoms with Gasteiger partial charge in [-0.15, -0.1) is 0 Å². The van der Waals surface area contributed by atoms with Gasteiger partial charge in [0, 0.05) is 19.6 Å². The van der Waals surface area contributed by atoms with Crippen LogP contribution in [0.1, 0.15) is 43.9 Å². The minimum atomic E-state index is 0.580. The van der Waals surface area contributed by atoms with Gasteiger partial charge in [0.1, 0.15) is 0 Å². The number of hydrogen-bond acceptors (Lipinski definition) is 3. The van der Waals surface area contributed by atoms with Crippen molar-refractivity contribution in [2.24, 2.45) is 13.0 Å². The fraction of sp³-hybridized carbons (Fsp3) is 0.786. The molecule has 1 N–H and O–H groups in total. The summed E-state index contributed by atoms with van der Waals surface area (Å²) >= 11 is 0. The number of aryl methyl sites for hydroxylation is 2. The number of ether oxygens (including phenoxy) is 1. The molecule has 0 spiro atoms. The molecule has 0 saturated heterocycles. The maximum atomic E-state index is 5.42. The van der Waals surface area contributed by atoms with Gasteiger partial charge >= 0.3 is 0 Å². The van der Waals surface area contributed by atoms with E-state index in [1.807, 2.05) is 18.7 Å². The second-order valence-electron chi connectivity index (χ2n) is 5.41. The molecule has 4 nitrogen and oxygen atoms in total. The molecule has 0 radical (unpaired) electrons. The van der Waals surface area contributed by atoms with E-state index in [4.69, 9.17) is 4.74 Å². The van der Waals surface area contributed by atoms with Crippen molar-refractivity contribution in [3.63, 3.8) is 0 Å². The van der Waals surface area contributed by atoms with Crippen molar-refractivity contribution in [3.05, 3.63) is 11.3 Å². The Hall–Kier alpha value is -1.03. The second kappa shape index (κ2) is 5.74. The Kier molecular flexibility index (Phi) is 4.27. The zero-order valence-electron chi connectivity index (χ0n) is 12.0. The standard InChI is InChI=1S/C14H25N3O/c1-10(12-7-5-6-8-12)15-9-13-11(2)16-17(3)14(13)18-4/h10,12,15H,5-9H2,1-4H3. The molecule has 1 aromatic rings. The molecule has 1 heterocycles. The summed E-state index contributed by atoms with van der Waals surface area (Å²) in [6.07, 6.45) is 5.53. The SMILES string of the molecule is COc1c(CNC(C)C2CCCC2)c(C)nn1C. The average molecular weight is 251 g/mol. The highest BCUT2D eigenvalue weighted by molar-refractivity contribution is 5.30. The minimum absolute atomic E-state index is 0.580. The first-order chi connectivity index (χ1) is 8.63. The zero-order valence-corrected chi connectivity index (χ0v) is 12.0. The summed E-state index contributed by atoms with van der Waals surface area (Å²) in [5.74, 6) is 1.71. The molecule has 0 amide bonds. The summed E-state index contributed by atoms with van der Waals surface area (Å²) in [5, 5.41) is 8.05. The van der Waals surface area contributed by atoms with Gasteiger partial charge < -0.3 is 10.1 Å². The van der Waals surface area contributed by atoms with Gasteiger partial charge in [0.2, 0.25) is 5.88 Å². The third-order valence-corrected chi connectivity index (χ3v) is 4.19. The van der Waals surface area contributed by atoms with Gasteiger partial charge in [-0.3, -0.25) is 0 Å². The highest BCUT2D eigenvalue weighted by atomic mass is 16.5. The van der Waals surface area contributed by atoms with Crippen molar-refractivity contribution >= 4 is 0 Å². The van der Waals surface area contributed by atoms with Crippen LogP contribution in [0, 0.1) is 12.8 Å². The van der Waals surface area contributed by atoms with Crippen molar-refractivity contribution < 1.29 is 4.74 Å². The van der Waals surface area contributed by atoms with Crippen LogP contribution in [0.15, 0.2) is 0 Å². The largest absolute Gasteiger partial charge is 0.481 e. The molecule has 1 aliphatic carbocycles. The van der Waals surface area contributed by atoms with E-state index >= 15 is 0 Å². The van der Waals surface area contributed by atoms with Gasteiger partial charge in [-0.1, -0.05) is 12.8 Å². The third kappa shape index (κ3) is 2.69. The lowest BCUT2D eigenvalue weighted by Crippen LogP contribution is -2.31.